The number of nitrogens with zero attached hydrogens (tertiary/aromatic N) is 1. The van der Waals surface area contributed by atoms with E-state index in [1.165, 1.54) is 6.07 Å². The second kappa shape index (κ2) is 6.87. The summed E-state index contributed by atoms with van der Waals surface area (Å²) in [7, 11) is 0. The molecule has 2 aromatic rings. The Morgan fingerprint density at radius 1 is 1.27 bits per heavy atom. The minimum atomic E-state index is -0.645. The summed E-state index contributed by atoms with van der Waals surface area (Å²) in [4.78, 5) is 11.2. The Kier molecular flexibility index (Phi) is 4.56. The number of nitrogens with one attached hydrogen (secondary N) is 2. The van der Waals surface area contributed by atoms with Crippen molar-refractivity contribution < 1.29 is 8.81 Å². The molecule has 140 valence electrons. The maximum absolute atomic E-state index is 14.8. The lowest BCUT2D eigenvalue weighted by atomic mass is 9.82. The molecule has 2 saturated carbocycles. The zero-order chi connectivity index (χ0) is 18.3. The summed E-state index contributed by atoms with van der Waals surface area (Å²) in [5.41, 5.74) is 8.00. The van der Waals surface area contributed by atoms with E-state index in [0.717, 1.165) is 49.8 Å². The summed E-state index contributed by atoms with van der Waals surface area (Å²) < 4.78 is 19.8. The fourth-order valence-corrected chi connectivity index (χ4v) is 4.01. The lowest BCUT2D eigenvalue weighted by molar-refractivity contribution is 0.302. The summed E-state index contributed by atoms with van der Waals surface area (Å²) in [6, 6.07) is 3.79. The van der Waals surface area contributed by atoms with E-state index < -0.39 is 5.76 Å². The second-order valence-electron chi connectivity index (χ2n) is 7.72. The van der Waals surface area contributed by atoms with E-state index >= 15 is 0 Å². The van der Waals surface area contributed by atoms with Crippen LogP contribution < -0.4 is 16.8 Å². The summed E-state index contributed by atoms with van der Waals surface area (Å²) in [6.07, 6.45) is 6.28. The largest absolute Gasteiger partial charge is 0.434 e. The third kappa shape index (κ3) is 3.53. The van der Waals surface area contributed by atoms with Crippen molar-refractivity contribution in [3.63, 3.8) is 0 Å². The molecule has 2 aliphatic carbocycles. The van der Waals surface area contributed by atoms with Gasteiger partial charge in [-0.15, -0.1) is 5.10 Å². The maximum atomic E-state index is 14.8. The summed E-state index contributed by atoms with van der Waals surface area (Å²) in [5.74, 6) is -0.0127. The molecule has 2 fully saturated rings. The number of aromatic amines is 1. The van der Waals surface area contributed by atoms with Gasteiger partial charge in [-0.05, 0) is 69.4 Å². The van der Waals surface area contributed by atoms with Crippen molar-refractivity contribution >= 4 is 5.69 Å². The van der Waals surface area contributed by atoms with E-state index in [4.69, 9.17) is 10.2 Å². The minimum Gasteiger partial charge on any atom is -0.388 e. The number of halogens is 1. The van der Waals surface area contributed by atoms with Crippen molar-refractivity contribution in [3.05, 3.63) is 34.1 Å². The standard InChI is InChI=1S/C19H25FN4O2/c1-10(11-4-6-14(21)7-5-11)22-16-9-13(18-23-24-19(25)26-18)8-15(20)17(16)12-2-3-12/h8-12,14,22H,2-7,21H2,1H3,(H,24,25)/t10-,11?,14?/m0/s1. The SMILES string of the molecule is C[C@H](Nc1cc(-c2n[nH]c(=O)o2)cc(F)c1C1CC1)C1CCC(N)CC1. The van der Waals surface area contributed by atoms with Gasteiger partial charge in [0.1, 0.15) is 5.82 Å². The first-order valence-electron chi connectivity index (χ1n) is 9.42. The van der Waals surface area contributed by atoms with Crippen LogP contribution in [0.15, 0.2) is 21.3 Å². The van der Waals surface area contributed by atoms with E-state index in [1.807, 2.05) is 6.07 Å². The maximum Gasteiger partial charge on any atom is 0.434 e. The van der Waals surface area contributed by atoms with Gasteiger partial charge in [0.15, 0.2) is 0 Å². The Morgan fingerprint density at radius 3 is 2.62 bits per heavy atom. The van der Waals surface area contributed by atoms with Crippen LogP contribution in [0.2, 0.25) is 0 Å². The van der Waals surface area contributed by atoms with Crippen molar-refractivity contribution in [2.45, 2.75) is 63.5 Å². The molecule has 0 radical (unpaired) electrons. The highest BCUT2D eigenvalue weighted by atomic mass is 19.1. The molecular formula is C19H25FN4O2. The van der Waals surface area contributed by atoms with E-state index in [1.54, 1.807) is 0 Å². The third-order valence-corrected chi connectivity index (χ3v) is 5.71. The molecule has 1 atom stereocenters. The zero-order valence-corrected chi connectivity index (χ0v) is 14.9. The number of benzene rings is 1. The van der Waals surface area contributed by atoms with E-state index in [9.17, 15) is 9.18 Å². The topological polar surface area (TPSA) is 96.9 Å². The molecule has 6 nitrogen and oxygen atoms in total. The van der Waals surface area contributed by atoms with E-state index in [0.29, 0.717) is 17.5 Å². The van der Waals surface area contributed by atoms with Gasteiger partial charge >= 0.3 is 5.76 Å². The molecule has 0 amide bonds. The predicted molar refractivity (Wildman–Crippen MR) is 97.5 cm³/mol. The average molecular weight is 360 g/mol. The number of aromatic nitrogens is 2. The molecular weight excluding hydrogens is 335 g/mol. The number of H-pyrrole nitrogens is 1. The van der Waals surface area contributed by atoms with Crippen LogP contribution in [0.3, 0.4) is 0 Å². The number of hydrogen-bond acceptors (Lipinski definition) is 5. The van der Waals surface area contributed by atoms with Gasteiger partial charge in [-0.1, -0.05) is 0 Å². The molecule has 1 aromatic heterocycles. The van der Waals surface area contributed by atoms with Crippen LogP contribution in [-0.2, 0) is 0 Å². The highest BCUT2D eigenvalue weighted by Crippen LogP contribution is 2.46. The van der Waals surface area contributed by atoms with Crippen LogP contribution >= 0.6 is 0 Å². The van der Waals surface area contributed by atoms with Crippen LogP contribution in [0.5, 0.6) is 0 Å². The number of anilines is 1. The smallest absolute Gasteiger partial charge is 0.388 e. The van der Waals surface area contributed by atoms with Crippen molar-refractivity contribution in [3.8, 4) is 11.5 Å². The molecule has 0 unspecified atom stereocenters. The molecule has 0 saturated heterocycles. The van der Waals surface area contributed by atoms with Crippen molar-refractivity contribution in [1.82, 2.24) is 10.2 Å². The zero-order valence-electron chi connectivity index (χ0n) is 14.9. The van der Waals surface area contributed by atoms with Crippen LogP contribution in [0.4, 0.5) is 10.1 Å². The molecule has 1 aromatic carbocycles. The Labute approximate surface area is 151 Å². The molecule has 2 aliphatic rings. The first-order chi connectivity index (χ1) is 12.5. The number of rotatable bonds is 5. The predicted octanol–water partition coefficient (Wildman–Crippen LogP) is 3.36. The van der Waals surface area contributed by atoms with E-state index in [2.05, 4.69) is 22.4 Å². The van der Waals surface area contributed by atoms with Crippen molar-refractivity contribution in [1.29, 1.82) is 0 Å². The van der Waals surface area contributed by atoms with Crippen LogP contribution in [0, 0.1) is 11.7 Å². The van der Waals surface area contributed by atoms with Gasteiger partial charge in [-0.25, -0.2) is 14.3 Å². The van der Waals surface area contributed by atoms with Gasteiger partial charge < -0.3 is 15.5 Å². The van der Waals surface area contributed by atoms with Crippen molar-refractivity contribution in [2.75, 3.05) is 5.32 Å². The summed E-state index contributed by atoms with van der Waals surface area (Å²) in [5, 5.41) is 9.58. The van der Waals surface area contributed by atoms with E-state index in [-0.39, 0.29) is 23.7 Å². The minimum absolute atomic E-state index is 0.107. The molecule has 0 bridgehead atoms. The lowest BCUT2D eigenvalue weighted by Crippen LogP contribution is -2.34. The highest BCUT2D eigenvalue weighted by Gasteiger charge is 2.31. The highest BCUT2D eigenvalue weighted by molar-refractivity contribution is 5.66. The van der Waals surface area contributed by atoms with Gasteiger partial charge in [0, 0.05) is 28.9 Å². The van der Waals surface area contributed by atoms with Gasteiger partial charge in [0.25, 0.3) is 0 Å². The van der Waals surface area contributed by atoms with Crippen molar-refractivity contribution in [2.24, 2.45) is 11.7 Å². The molecule has 0 aliphatic heterocycles. The third-order valence-electron chi connectivity index (χ3n) is 5.71. The normalized spacial score (nSPS) is 24.4. The van der Waals surface area contributed by atoms with Crippen LogP contribution in [0.1, 0.15) is 56.9 Å². The first kappa shape index (κ1) is 17.3. The Hall–Kier alpha value is -2.15. The molecule has 4 rings (SSSR count). The Morgan fingerprint density at radius 2 is 2.00 bits per heavy atom. The van der Waals surface area contributed by atoms with Crippen LogP contribution in [-0.4, -0.2) is 22.3 Å². The Balaban J connectivity index is 1.62. The fourth-order valence-electron chi connectivity index (χ4n) is 4.01. The fraction of sp³-hybridized carbons (Fsp3) is 0.579. The molecule has 0 spiro atoms. The summed E-state index contributed by atoms with van der Waals surface area (Å²) >= 11 is 0. The van der Waals surface area contributed by atoms with Gasteiger partial charge in [0.2, 0.25) is 5.89 Å². The molecule has 4 N–H and O–H groups in total. The van der Waals surface area contributed by atoms with Gasteiger partial charge in [-0.3, -0.25) is 0 Å². The second-order valence-corrected chi connectivity index (χ2v) is 7.72. The monoisotopic (exact) mass is 360 g/mol. The quantitative estimate of drug-likeness (QED) is 0.760. The lowest BCUT2D eigenvalue weighted by Gasteiger charge is -2.32. The number of hydrogen-bond donors (Lipinski definition) is 3. The molecule has 1 heterocycles. The van der Waals surface area contributed by atoms with Gasteiger partial charge in [0.05, 0.1) is 0 Å². The Bertz CT molecular complexity index is 834. The van der Waals surface area contributed by atoms with Gasteiger partial charge in [-0.2, -0.15) is 0 Å². The first-order valence-corrected chi connectivity index (χ1v) is 9.42. The molecule has 7 heteroatoms. The average Bonchev–Trinajstić information content (AvgIpc) is 3.34. The molecule has 26 heavy (non-hydrogen) atoms. The summed E-state index contributed by atoms with van der Waals surface area (Å²) in [6.45, 7) is 2.15. The van der Waals surface area contributed by atoms with Crippen LogP contribution in [0.25, 0.3) is 11.5 Å². The number of nitrogens with two attached hydrogens (primary N) is 1.